The molecule has 11 heteroatoms. The van der Waals surface area contributed by atoms with Crippen molar-refractivity contribution in [2.24, 2.45) is 0 Å². The number of likely N-dealkylation sites (N-methyl/N-ethyl adjacent to an activating group) is 1. The minimum atomic E-state index is -3.50. The highest BCUT2D eigenvalue weighted by molar-refractivity contribution is 7.91. The van der Waals surface area contributed by atoms with Gasteiger partial charge in [-0.1, -0.05) is 12.1 Å². The largest absolute Gasteiger partial charge is 0.376 e. The number of nitrogens with one attached hydrogen (secondary N) is 1. The van der Waals surface area contributed by atoms with Gasteiger partial charge in [-0.2, -0.15) is 0 Å². The average molecular weight is 574 g/mol. The van der Waals surface area contributed by atoms with Gasteiger partial charge in [0.15, 0.2) is 9.84 Å². The number of sulfone groups is 1. The van der Waals surface area contributed by atoms with Crippen molar-refractivity contribution >= 4 is 32.5 Å². The molecule has 1 aromatic carbocycles. The molecular weight excluding hydrogens is 542 g/mol. The van der Waals surface area contributed by atoms with E-state index < -0.39 is 9.84 Å². The highest BCUT2D eigenvalue weighted by Crippen LogP contribution is 2.25. The fraction of sp³-hybridized carbons (Fsp3) is 0.333. The minimum absolute atomic E-state index is 0.104. The van der Waals surface area contributed by atoms with Crippen molar-refractivity contribution in [3.63, 3.8) is 0 Å². The number of nitrogens with zero attached hydrogens (tertiary/aromatic N) is 4. The molecule has 0 radical (unpaired) electrons. The molecule has 0 bridgehead atoms. The monoisotopic (exact) mass is 573 g/mol. The molecule has 1 N–H and O–H groups in total. The van der Waals surface area contributed by atoms with Crippen LogP contribution in [0.2, 0.25) is 0 Å². The van der Waals surface area contributed by atoms with E-state index in [9.17, 15) is 13.2 Å². The van der Waals surface area contributed by atoms with E-state index in [1.54, 1.807) is 18.3 Å². The Morgan fingerprint density at radius 3 is 2.80 bits per heavy atom. The number of benzene rings is 1. The van der Waals surface area contributed by atoms with Crippen molar-refractivity contribution in [3.05, 3.63) is 77.6 Å². The van der Waals surface area contributed by atoms with Crippen LogP contribution in [0.5, 0.6) is 0 Å². The number of pyridine rings is 3. The first-order valence-corrected chi connectivity index (χ1v) is 15.3. The maximum absolute atomic E-state index is 12.9. The Morgan fingerprint density at radius 1 is 1.10 bits per heavy atom. The van der Waals surface area contributed by atoms with Gasteiger partial charge in [-0.25, -0.2) is 18.4 Å². The molecule has 1 amide bonds. The fourth-order valence-corrected chi connectivity index (χ4v) is 6.01. The molecule has 1 aliphatic heterocycles. The van der Waals surface area contributed by atoms with Gasteiger partial charge < -0.3 is 19.7 Å². The van der Waals surface area contributed by atoms with Crippen LogP contribution in [-0.4, -0.2) is 67.9 Å². The quantitative estimate of drug-likeness (QED) is 0.320. The van der Waals surface area contributed by atoms with Gasteiger partial charge >= 0.3 is 0 Å². The fourth-order valence-electron chi connectivity index (χ4n) is 4.62. The summed E-state index contributed by atoms with van der Waals surface area (Å²) in [7, 11) is -1.50. The predicted molar refractivity (Wildman–Crippen MR) is 154 cm³/mol. The SMILES string of the molecule is CN(CCOC1CC1)c1cccc(-c2ccc3cnc(CNC(=O)c4ccc5c(c4)S(=O)(=O)CCOC5)cc3n2)n1. The van der Waals surface area contributed by atoms with Crippen LogP contribution >= 0.6 is 0 Å². The molecule has 0 unspecified atom stereocenters. The third-order valence-corrected chi connectivity index (χ3v) is 8.93. The van der Waals surface area contributed by atoms with E-state index in [0.717, 1.165) is 47.5 Å². The Kier molecular flexibility index (Phi) is 7.65. The zero-order valence-electron chi connectivity index (χ0n) is 22.7. The van der Waals surface area contributed by atoms with E-state index in [1.807, 2.05) is 43.4 Å². The molecule has 2 aliphatic rings. The van der Waals surface area contributed by atoms with Crippen LogP contribution in [0.3, 0.4) is 0 Å². The van der Waals surface area contributed by atoms with E-state index in [0.29, 0.717) is 24.0 Å². The van der Waals surface area contributed by atoms with Gasteiger partial charge in [-0.3, -0.25) is 9.78 Å². The summed E-state index contributed by atoms with van der Waals surface area (Å²) in [4.78, 5) is 29.2. The van der Waals surface area contributed by atoms with Gasteiger partial charge in [0.1, 0.15) is 5.82 Å². The summed E-state index contributed by atoms with van der Waals surface area (Å²) in [6, 6.07) is 16.3. The van der Waals surface area contributed by atoms with Gasteiger partial charge in [-0.15, -0.1) is 0 Å². The summed E-state index contributed by atoms with van der Waals surface area (Å²) in [5, 5.41) is 3.71. The van der Waals surface area contributed by atoms with E-state index in [1.165, 1.54) is 6.07 Å². The van der Waals surface area contributed by atoms with E-state index in [4.69, 9.17) is 19.4 Å². The summed E-state index contributed by atoms with van der Waals surface area (Å²) >= 11 is 0. The van der Waals surface area contributed by atoms with Crippen molar-refractivity contribution < 1.29 is 22.7 Å². The molecule has 1 saturated carbocycles. The Hall–Kier alpha value is -3.93. The summed E-state index contributed by atoms with van der Waals surface area (Å²) in [5.41, 5.74) is 3.68. The zero-order chi connectivity index (χ0) is 28.4. The maximum Gasteiger partial charge on any atom is 0.251 e. The number of fused-ring (bicyclic) bond motifs is 2. The minimum Gasteiger partial charge on any atom is -0.376 e. The molecule has 212 valence electrons. The molecule has 4 aromatic rings. The number of hydrogen-bond donors (Lipinski definition) is 1. The summed E-state index contributed by atoms with van der Waals surface area (Å²) < 4.78 is 36.3. The number of rotatable bonds is 9. The van der Waals surface area contributed by atoms with E-state index in [2.05, 4.69) is 15.2 Å². The van der Waals surface area contributed by atoms with Gasteiger partial charge in [0.05, 0.1) is 65.7 Å². The second-order valence-electron chi connectivity index (χ2n) is 10.3. The molecule has 41 heavy (non-hydrogen) atoms. The third-order valence-electron chi connectivity index (χ3n) is 7.17. The van der Waals surface area contributed by atoms with Gasteiger partial charge in [0.2, 0.25) is 0 Å². The standard InChI is InChI=1S/C30H31N5O5S/c1-35(11-12-40-24-8-9-24)29-4-2-3-25(34-29)26-10-7-21-17-31-23(16-27(21)33-26)18-32-30(36)20-5-6-22-19-39-13-14-41(37,38)28(22)15-20/h2-7,10,15-17,24H,8-9,11-14,18-19H2,1H3,(H,32,36). The lowest BCUT2D eigenvalue weighted by Crippen LogP contribution is -2.24. The van der Waals surface area contributed by atoms with Crippen LogP contribution in [0.1, 0.15) is 34.5 Å². The molecule has 10 nitrogen and oxygen atoms in total. The molecule has 0 spiro atoms. The first-order chi connectivity index (χ1) is 19.9. The average Bonchev–Trinajstić information content (AvgIpc) is 3.83. The second-order valence-corrected chi connectivity index (χ2v) is 12.4. The number of anilines is 1. The highest BCUT2D eigenvalue weighted by Gasteiger charge is 2.24. The summed E-state index contributed by atoms with van der Waals surface area (Å²) in [6.07, 6.45) is 4.47. The molecule has 6 rings (SSSR count). The Morgan fingerprint density at radius 2 is 1.95 bits per heavy atom. The Balaban J connectivity index is 1.15. The van der Waals surface area contributed by atoms with Crippen molar-refractivity contribution in [1.82, 2.24) is 20.3 Å². The number of amides is 1. The lowest BCUT2D eigenvalue weighted by Gasteiger charge is -2.18. The molecule has 3 aromatic heterocycles. The van der Waals surface area contributed by atoms with Crippen LogP contribution in [0.4, 0.5) is 5.82 Å². The maximum atomic E-state index is 12.9. The zero-order valence-corrected chi connectivity index (χ0v) is 23.6. The van der Waals surface area contributed by atoms with Crippen molar-refractivity contribution in [3.8, 4) is 11.4 Å². The lowest BCUT2D eigenvalue weighted by molar-refractivity contribution is 0.0950. The highest BCUT2D eigenvalue weighted by atomic mass is 32.2. The van der Waals surface area contributed by atoms with Crippen LogP contribution in [0, 0.1) is 0 Å². The van der Waals surface area contributed by atoms with Crippen molar-refractivity contribution in [2.75, 3.05) is 37.5 Å². The molecule has 1 fully saturated rings. The van der Waals surface area contributed by atoms with E-state index >= 15 is 0 Å². The number of carbonyl (C=O) groups excluding carboxylic acids is 1. The van der Waals surface area contributed by atoms with Crippen LogP contribution in [0.25, 0.3) is 22.3 Å². The summed E-state index contributed by atoms with van der Waals surface area (Å²) in [6.45, 7) is 1.94. The number of aromatic nitrogens is 3. The summed E-state index contributed by atoms with van der Waals surface area (Å²) in [5.74, 6) is 0.358. The normalized spacial score (nSPS) is 16.1. The molecule has 4 heterocycles. The molecular formula is C30H31N5O5S. The Labute approximate surface area is 238 Å². The van der Waals surface area contributed by atoms with Crippen LogP contribution < -0.4 is 10.2 Å². The predicted octanol–water partition coefficient (Wildman–Crippen LogP) is 3.54. The van der Waals surface area contributed by atoms with Gasteiger partial charge in [0.25, 0.3) is 5.91 Å². The topological polar surface area (TPSA) is 124 Å². The van der Waals surface area contributed by atoms with Gasteiger partial charge in [0, 0.05) is 30.7 Å². The Bertz CT molecular complexity index is 1710. The van der Waals surface area contributed by atoms with Crippen molar-refractivity contribution in [1.29, 1.82) is 0 Å². The molecule has 1 aliphatic carbocycles. The smallest absolute Gasteiger partial charge is 0.251 e. The molecule has 0 saturated heterocycles. The van der Waals surface area contributed by atoms with Gasteiger partial charge in [-0.05, 0) is 60.9 Å². The molecule has 0 atom stereocenters. The number of hydrogen-bond acceptors (Lipinski definition) is 9. The second kappa shape index (κ2) is 11.5. The van der Waals surface area contributed by atoms with Crippen molar-refractivity contribution in [2.45, 2.75) is 37.0 Å². The van der Waals surface area contributed by atoms with Crippen LogP contribution in [0.15, 0.2) is 65.7 Å². The number of ether oxygens (including phenoxy) is 2. The van der Waals surface area contributed by atoms with Crippen LogP contribution in [-0.2, 0) is 32.5 Å². The first kappa shape index (κ1) is 27.3. The lowest BCUT2D eigenvalue weighted by atomic mass is 10.1. The number of carbonyl (C=O) groups is 1. The first-order valence-electron chi connectivity index (χ1n) is 13.6. The van der Waals surface area contributed by atoms with E-state index in [-0.39, 0.29) is 41.9 Å². The third kappa shape index (κ3) is 6.37.